The predicted molar refractivity (Wildman–Crippen MR) is 416 cm³/mol. The number of hydrogen-bond acceptors (Lipinski definition) is 48. The number of nitrogens with one attached hydrogen (secondary N) is 4. The van der Waals surface area contributed by atoms with E-state index in [0.29, 0.717) is 0 Å². The largest absolute Gasteiger partial charge is 0.472 e. The van der Waals surface area contributed by atoms with E-state index in [1.54, 1.807) is 42.3 Å². The Bertz CT molecular complexity index is 3680. The van der Waals surface area contributed by atoms with Gasteiger partial charge in [0, 0.05) is 27.7 Å². The highest BCUT2D eigenvalue weighted by atomic mass is 31.2. The van der Waals surface area contributed by atoms with Crippen LogP contribution < -0.4 is 21.3 Å². The second-order valence-electron chi connectivity index (χ2n) is 35.0. The van der Waals surface area contributed by atoms with Crippen molar-refractivity contribution in [3.63, 3.8) is 0 Å². The standard InChI is InChI=1S/C72H128N6O50P2/c1-24-41(86)51(96)55(100)68(114-24)108-21-36-59(60(40(64(103)116-36)76-29(6)85)125-69-56(101)52(97)42(87)25(2)115-69)124-67-39(75-28(5)84)50(95)58(32(19-81)119-67)123-70-57(102)61(126-72-63(54(99)44(89)31(18-80)118-72)128-66-38(74-27(4)83)49(94)46(91)35(121-66)23-113-130(106,107)111-16-14-78(10,11)12)47(92)33(122-70)20-109-71-62(53(98)43(88)30(17-79)117-71)127-65-37(73-26(3)82)48(93)45(90)34(120-65)22-112-129(104,105)110-15-13-77(7,8)9/h24-25,30-72,79-81,86-103H,13-23H2,1-12H3,(H4-2,73,74,75,76,82,83,84,85,104,105,106,107)/p+2/t24-,25-,30+,31+,32+,33+,34+,35+,36+,37+,38+,39+,40+,41+,42+,43+,44+,45+,46+,47+,48+,49+,50+,51+,52+,53-,54-,55-,56-,57-,58+,59+,60+,61-,62-,63-,64+,65-,66-,67-,68+,69-,70-,71-,72+/m0/s1. The van der Waals surface area contributed by atoms with Gasteiger partial charge in [-0.15, -0.1) is 0 Å². The molecule has 9 heterocycles. The number of ether oxygens (including phenoxy) is 17. The van der Waals surface area contributed by atoms with Gasteiger partial charge in [-0.2, -0.15) is 0 Å². The number of aliphatic hydroxyl groups excluding tert-OH is 21. The fourth-order valence-corrected chi connectivity index (χ4v) is 16.9. The number of amides is 4. The van der Waals surface area contributed by atoms with Crippen molar-refractivity contribution in [2.45, 2.75) is 318 Å². The van der Waals surface area contributed by atoms with Crippen LogP contribution in [0.15, 0.2) is 0 Å². The number of nitrogens with zero attached hydrogens (tertiary/aromatic N) is 2. The molecule has 756 valence electrons. The second-order valence-corrected chi connectivity index (χ2v) is 37.9. The first-order chi connectivity index (χ1) is 60.6. The normalized spacial score (nSPS) is 45.1. The van der Waals surface area contributed by atoms with E-state index in [9.17, 15) is 145 Å². The minimum Gasteiger partial charge on any atom is -0.394 e. The first-order valence-electron chi connectivity index (χ1n) is 41.7. The number of phosphoric acid groups is 2. The van der Waals surface area contributed by atoms with Crippen LogP contribution in [-0.4, -0.2) is 541 Å². The molecule has 0 aromatic heterocycles. The average molecular weight is 1940 g/mol. The Labute approximate surface area is 743 Å². The molecule has 4 amide bonds. The molecule has 0 saturated carbocycles. The van der Waals surface area contributed by atoms with Crippen LogP contribution in [0.2, 0.25) is 0 Å². The summed E-state index contributed by atoms with van der Waals surface area (Å²) in [5.74, 6) is -3.81. The summed E-state index contributed by atoms with van der Waals surface area (Å²) in [6, 6.07) is -7.81. The Hall–Kier alpha value is -3.50. The number of likely N-dealkylation sites (N-methyl/N-ethyl adjacent to an activating group) is 2. The third-order valence-corrected chi connectivity index (χ3v) is 24.7. The molecule has 2 unspecified atom stereocenters. The molecular formula is C72H130N6O50P2+2. The molecule has 9 aliphatic heterocycles. The molecule has 9 fully saturated rings. The second kappa shape index (κ2) is 47.0. The van der Waals surface area contributed by atoms with E-state index in [4.69, 9.17) is 98.6 Å². The predicted octanol–water partition coefficient (Wildman–Crippen LogP) is -16.3. The maximum absolute atomic E-state index is 13.6. The Morgan fingerprint density at radius 1 is 0.292 bits per heavy atom. The Morgan fingerprint density at radius 2 is 0.623 bits per heavy atom. The van der Waals surface area contributed by atoms with Gasteiger partial charge in [-0.05, 0) is 13.8 Å². The lowest BCUT2D eigenvalue weighted by atomic mass is 9.93. The van der Waals surface area contributed by atoms with Crippen LogP contribution >= 0.6 is 15.6 Å². The third kappa shape index (κ3) is 28.0. The zero-order valence-electron chi connectivity index (χ0n) is 72.9. The minimum atomic E-state index is -5.03. The number of aliphatic hydroxyl groups is 21. The van der Waals surface area contributed by atoms with Crippen LogP contribution in [0.1, 0.15) is 41.5 Å². The summed E-state index contributed by atoms with van der Waals surface area (Å²) in [6.45, 7) is -2.04. The number of carbonyl (C=O) groups excluding carboxylic acids is 4. The van der Waals surface area contributed by atoms with Crippen LogP contribution in [0.4, 0.5) is 0 Å². The highest BCUT2D eigenvalue weighted by Gasteiger charge is 2.61. The molecule has 27 N–H and O–H groups in total. The molecule has 47 atom stereocenters. The van der Waals surface area contributed by atoms with Crippen molar-refractivity contribution in [2.75, 3.05) is 115 Å². The summed E-state index contributed by atoms with van der Waals surface area (Å²) in [4.78, 5) is 73.6. The lowest BCUT2D eigenvalue weighted by Gasteiger charge is -2.51. The molecule has 9 rings (SSSR count). The van der Waals surface area contributed by atoms with Crippen molar-refractivity contribution < 1.29 is 253 Å². The fraction of sp³-hybridized carbons (Fsp3) is 0.944. The van der Waals surface area contributed by atoms with Gasteiger partial charge < -0.3 is 228 Å². The SMILES string of the molecule is CC(=O)N[C@@H]1[C@@H](O[C@@H]2O[C@@H](C)[C@@H](O)[C@@H](O)[C@@H]2O)[C@H](O[C@@H]2O[C@H](CO)[C@@H](O[C@@H]3O[C@H](CO[C@H]4O[C@H](CO)[C@@H](O)[C@H](O)[C@@H]4O[C@@H]4O[C@H](COP(=O)(O)OCC[N+](C)(C)C)[C@@H](O)[C@H](O)[C@H]4NC(C)=O)[C@@H](O)[C@H](O[C@H]4O[C@H](CO)[C@@H](O)[C@H](O)[C@@H]4O[C@@H]4O[C@H](COP(=O)(O)OCC[N+](C)(C)C)[C@@H](O)[C@H](O)[C@H]4NC(C)=O)[C@@H]3O)[C@H](O)[C@H]2NC(C)=O)[C@@H](CO[C@@H]2O[C@@H](C)[C@@H](O)[C@@H](O)[C@@H]2O)O[C@H]1O. The molecule has 0 aliphatic carbocycles. The van der Waals surface area contributed by atoms with E-state index in [2.05, 4.69) is 21.3 Å². The lowest BCUT2D eigenvalue weighted by molar-refractivity contribution is -0.870. The number of quaternary nitrogens is 2. The van der Waals surface area contributed by atoms with Gasteiger partial charge in [0.05, 0.1) is 101 Å². The molecule has 9 aliphatic rings. The van der Waals surface area contributed by atoms with Crippen LogP contribution in [0.3, 0.4) is 0 Å². The number of hydrogen-bond donors (Lipinski definition) is 27. The molecule has 0 spiro atoms. The van der Waals surface area contributed by atoms with Crippen LogP contribution in [-0.2, 0) is 127 Å². The monoisotopic (exact) mass is 1940 g/mol. The lowest BCUT2D eigenvalue weighted by Crippen LogP contribution is -2.71. The summed E-state index contributed by atoms with van der Waals surface area (Å²) in [5.41, 5.74) is 0. The summed E-state index contributed by atoms with van der Waals surface area (Å²) in [6.07, 6.45) is -86.8. The van der Waals surface area contributed by atoms with Crippen molar-refractivity contribution in [1.29, 1.82) is 0 Å². The van der Waals surface area contributed by atoms with Crippen molar-refractivity contribution in [1.82, 2.24) is 21.3 Å². The van der Waals surface area contributed by atoms with Crippen LogP contribution in [0.5, 0.6) is 0 Å². The average Bonchev–Trinajstić information content (AvgIpc) is 0.761. The molecule has 0 bridgehead atoms. The zero-order valence-corrected chi connectivity index (χ0v) is 74.6. The van der Waals surface area contributed by atoms with Gasteiger partial charge >= 0.3 is 15.6 Å². The van der Waals surface area contributed by atoms with E-state index in [1.807, 2.05) is 0 Å². The third-order valence-electron chi connectivity index (χ3n) is 22.7. The maximum Gasteiger partial charge on any atom is 0.472 e. The molecule has 56 nitrogen and oxygen atoms in total. The highest BCUT2D eigenvalue weighted by molar-refractivity contribution is 7.47. The summed E-state index contributed by atoms with van der Waals surface area (Å²) >= 11 is 0. The smallest absolute Gasteiger partial charge is 0.394 e. The van der Waals surface area contributed by atoms with Crippen LogP contribution in [0.25, 0.3) is 0 Å². The van der Waals surface area contributed by atoms with Gasteiger partial charge in [0.15, 0.2) is 56.6 Å². The van der Waals surface area contributed by atoms with Gasteiger partial charge in [0.1, 0.15) is 234 Å². The van der Waals surface area contributed by atoms with Gasteiger partial charge in [-0.3, -0.25) is 37.3 Å². The Balaban J connectivity index is 1.10. The Morgan fingerprint density at radius 3 is 1.07 bits per heavy atom. The zero-order chi connectivity index (χ0) is 96.7. The first-order valence-corrected chi connectivity index (χ1v) is 44.7. The van der Waals surface area contributed by atoms with Gasteiger partial charge in [-0.25, -0.2) is 9.13 Å². The summed E-state index contributed by atoms with van der Waals surface area (Å²) in [7, 11) is 0.423. The van der Waals surface area contributed by atoms with Crippen molar-refractivity contribution in [3.8, 4) is 0 Å². The highest BCUT2D eigenvalue weighted by Crippen LogP contribution is 2.47. The number of carbonyl (C=O) groups is 4. The molecule has 58 heteroatoms. The minimum absolute atomic E-state index is 0.172. The molecule has 0 radical (unpaired) electrons. The van der Waals surface area contributed by atoms with E-state index in [-0.39, 0.29) is 35.3 Å². The van der Waals surface area contributed by atoms with Crippen molar-refractivity contribution in [3.05, 3.63) is 0 Å². The molecule has 9 saturated heterocycles. The van der Waals surface area contributed by atoms with Gasteiger partial charge in [0.2, 0.25) is 23.6 Å². The first kappa shape index (κ1) is 110. The van der Waals surface area contributed by atoms with Gasteiger partial charge in [-0.1, -0.05) is 0 Å². The van der Waals surface area contributed by atoms with E-state index < -0.39 is 362 Å². The van der Waals surface area contributed by atoms with Crippen molar-refractivity contribution in [2.24, 2.45) is 0 Å². The van der Waals surface area contributed by atoms with E-state index in [1.165, 1.54) is 13.8 Å². The van der Waals surface area contributed by atoms with E-state index in [0.717, 1.165) is 27.7 Å². The van der Waals surface area contributed by atoms with Gasteiger partial charge in [0.25, 0.3) is 0 Å². The molecular weight excluding hydrogens is 1810 g/mol. The molecule has 0 aromatic rings. The maximum atomic E-state index is 13.6. The number of rotatable bonds is 39. The summed E-state index contributed by atoms with van der Waals surface area (Å²) in [5, 5.41) is 251. The van der Waals surface area contributed by atoms with E-state index >= 15 is 0 Å². The van der Waals surface area contributed by atoms with Crippen LogP contribution in [0, 0.1) is 0 Å². The topological polar surface area (TPSA) is 810 Å². The molecule has 130 heavy (non-hydrogen) atoms. The van der Waals surface area contributed by atoms with Crippen molar-refractivity contribution >= 4 is 39.3 Å². The quantitative estimate of drug-likeness (QED) is 0.0201. The number of phosphoric ester groups is 2. The summed E-state index contributed by atoms with van der Waals surface area (Å²) < 4.78 is 151. The fourth-order valence-electron chi connectivity index (χ4n) is 15.5. The molecule has 0 aromatic carbocycles. The Kier molecular flexibility index (Phi) is 39.8.